The number of Topliss-reactive ketones (excluding diaryl/α,β-unsaturated/α-hetero) is 1. The van der Waals surface area contributed by atoms with E-state index in [1.54, 1.807) is 68.4 Å². The number of carbonyl (C=O) groups excluding carboxylic acids is 5. The zero-order chi connectivity index (χ0) is 29.3. The summed E-state index contributed by atoms with van der Waals surface area (Å²) in [6.45, 7) is 3.31. The Labute approximate surface area is 238 Å². The van der Waals surface area contributed by atoms with Crippen molar-refractivity contribution >= 4 is 29.4 Å². The van der Waals surface area contributed by atoms with Gasteiger partial charge in [0.1, 0.15) is 12.1 Å². The first kappa shape index (κ1) is 28.5. The minimum absolute atomic E-state index is 0.136. The molecule has 3 fully saturated rings. The predicted octanol–water partition coefficient (Wildman–Crippen LogP) is 1.46. The van der Waals surface area contributed by atoms with E-state index in [0.717, 1.165) is 12.8 Å². The van der Waals surface area contributed by atoms with Crippen LogP contribution in [0.3, 0.4) is 0 Å². The molecule has 1 aliphatic heterocycles. The van der Waals surface area contributed by atoms with Crippen molar-refractivity contribution in [3.05, 3.63) is 71.8 Å². The molecular weight excluding hydrogens is 524 g/mol. The summed E-state index contributed by atoms with van der Waals surface area (Å²) in [6, 6.07) is 15.8. The van der Waals surface area contributed by atoms with Gasteiger partial charge < -0.3 is 26.4 Å². The maximum Gasteiger partial charge on any atom is 0.251 e. The molecule has 2 saturated carbocycles. The monoisotopic (exact) mass is 560 g/mol. The Morgan fingerprint density at radius 2 is 1.56 bits per heavy atom. The van der Waals surface area contributed by atoms with Crippen molar-refractivity contribution in [3.8, 4) is 0 Å². The Balaban J connectivity index is 1.24. The molecule has 1 heterocycles. The molecule has 10 nitrogen and oxygen atoms in total. The van der Waals surface area contributed by atoms with Crippen molar-refractivity contribution in [3.63, 3.8) is 0 Å². The van der Waals surface area contributed by atoms with E-state index in [2.05, 4.69) is 21.3 Å². The highest BCUT2D eigenvalue weighted by molar-refractivity contribution is 6.07. The van der Waals surface area contributed by atoms with Gasteiger partial charge in [-0.2, -0.15) is 0 Å². The van der Waals surface area contributed by atoms with E-state index in [4.69, 9.17) is 0 Å². The smallest absolute Gasteiger partial charge is 0.251 e. The van der Waals surface area contributed by atoms with Gasteiger partial charge in [-0.1, -0.05) is 62.4 Å². The molecule has 0 spiro atoms. The van der Waals surface area contributed by atoms with Gasteiger partial charge in [0.2, 0.25) is 17.7 Å². The molecule has 10 heteroatoms. The maximum absolute atomic E-state index is 13.7. The molecule has 5 atom stereocenters. The number of aliphatic hydroxyl groups is 1. The lowest BCUT2D eigenvalue weighted by molar-refractivity contribution is -0.138. The van der Waals surface area contributed by atoms with E-state index in [-0.39, 0.29) is 24.3 Å². The van der Waals surface area contributed by atoms with E-state index in [0.29, 0.717) is 17.0 Å². The molecule has 2 aliphatic carbocycles. The average Bonchev–Trinajstić information content (AvgIpc) is 3.81. The van der Waals surface area contributed by atoms with Gasteiger partial charge in [-0.3, -0.25) is 24.0 Å². The van der Waals surface area contributed by atoms with Gasteiger partial charge in [0, 0.05) is 11.5 Å². The van der Waals surface area contributed by atoms with E-state index in [1.807, 2.05) is 6.07 Å². The van der Waals surface area contributed by atoms with Gasteiger partial charge in [-0.25, -0.2) is 0 Å². The molecule has 1 saturated heterocycles. The molecule has 0 bridgehead atoms. The Morgan fingerprint density at radius 3 is 2.15 bits per heavy atom. The second-order valence-corrected chi connectivity index (χ2v) is 11.8. The predicted molar refractivity (Wildman–Crippen MR) is 149 cm³/mol. The summed E-state index contributed by atoms with van der Waals surface area (Å²) in [5.74, 6) is -3.56. The van der Waals surface area contributed by atoms with Crippen LogP contribution in [0.4, 0.5) is 0 Å². The Kier molecular flexibility index (Phi) is 7.95. The van der Waals surface area contributed by atoms with E-state index in [1.165, 1.54) is 0 Å². The van der Waals surface area contributed by atoms with Crippen molar-refractivity contribution in [2.75, 3.05) is 6.54 Å². The summed E-state index contributed by atoms with van der Waals surface area (Å²) in [6.07, 6.45) is 0.605. The minimum Gasteiger partial charge on any atom is -0.373 e. The number of ketones is 1. The number of hydrogen-bond donors (Lipinski definition) is 5. The lowest BCUT2D eigenvalue weighted by Crippen LogP contribution is -2.50. The lowest BCUT2D eigenvalue weighted by Gasteiger charge is -2.28. The molecule has 2 aromatic carbocycles. The summed E-state index contributed by atoms with van der Waals surface area (Å²) in [5, 5.41) is 21.2. The fourth-order valence-corrected chi connectivity index (χ4v) is 6.12. The highest BCUT2D eigenvalue weighted by Gasteiger charge is 2.77. The fourth-order valence-electron chi connectivity index (χ4n) is 6.12. The zero-order valence-electron chi connectivity index (χ0n) is 23.1. The van der Waals surface area contributed by atoms with Crippen molar-refractivity contribution in [1.82, 2.24) is 21.3 Å². The topological polar surface area (TPSA) is 154 Å². The summed E-state index contributed by atoms with van der Waals surface area (Å²) >= 11 is 0. The number of rotatable bonds is 12. The summed E-state index contributed by atoms with van der Waals surface area (Å²) < 4.78 is 0. The van der Waals surface area contributed by atoms with Crippen LogP contribution in [-0.2, 0) is 19.2 Å². The van der Waals surface area contributed by atoms with Crippen LogP contribution in [0, 0.1) is 29.1 Å². The Bertz CT molecular complexity index is 1320. The maximum atomic E-state index is 13.7. The lowest BCUT2D eigenvalue weighted by atomic mass is 9.78. The molecule has 5 N–H and O–H groups in total. The van der Waals surface area contributed by atoms with Gasteiger partial charge in [0.15, 0.2) is 5.78 Å². The third-order valence-corrected chi connectivity index (χ3v) is 8.65. The normalized spacial score (nSPS) is 27.2. The Hall–Kier alpha value is -4.05. The van der Waals surface area contributed by atoms with Gasteiger partial charge in [-0.05, 0) is 47.8 Å². The fraction of sp³-hybridized carbons (Fsp3) is 0.452. The third kappa shape index (κ3) is 6.02. The second-order valence-electron chi connectivity index (χ2n) is 11.8. The third-order valence-electron chi connectivity index (χ3n) is 8.65. The van der Waals surface area contributed by atoms with Crippen molar-refractivity contribution < 1.29 is 29.1 Å². The average molecular weight is 561 g/mol. The van der Waals surface area contributed by atoms with Gasteiger partial charge in [0.05, 0.1) is 25.0 Å². The quantitative estimate of drug-likeness (QED) is 0.248. The van der Waals surface area contributed by atoms with Crippen LogP contribution in [-0.4, -0.2) is 53.3 Å². The standard InChI is InChI=1S/C31H36N4O6/c1-17(2)26(27(38)24-25(30(41)35-29(24)40)31-14-20(31)15-31)34-22(36)13-21(18-9-5-3-6-10-18)33-23(37)16-32-28(39)19-11-7-4-8-12-19/h3-12,17,20-21,24-26,30,41H,13-16H2,1-2H3,(H,32,39)(H,33,37)(H,34,36)(H,35,40)/t20?,21-,24+,25-,26-,30?,31?/m0/s1. The number of hydrogen-bond acceptors (Lipinski definition) is 6. The molecule has 216 valence electrons. The molecular formula is C31H36N4O6. The first-order valence-corrected chi connectivity index (χ1v) is 14.1. The van der Waals surface area contributed by atoms with Crippen molar-refractivity contribution in [1.29, 1.82) is 0 Å². The molecule has 1 unspecified atom stereocenters. The number of amides is 4. The summed E-state index contributed by atoms with van der Waals surface area (Å²) in [7, 11) is 0. The van der Waals surface area contributed by atoms with E-state index < -0.39 is 59.6 Å². The molecule has 0 aromatic heterocycles. The summed E-state index contributed by atoms with van der Waals surface area (Å²) in [4.78, 5) is 64.9. The molecule has 41 heavy (non-hydrogen) atoms. The number of carbonyl (C=O) groups is 5. The molecule has 5 rings (SSSR count). The Morgan fingerprint density at radius 1 is 0.951 bits per heavy atom. The van der Waals surface area contributed by atoms with Crippen molar-refractivity contribution in [2.45, 2.75) is 51.4 Å². The first-order chi connectivity index (χ1) is 19.6. The number of benzene rings is 2. The SMILES string of the molecule is CC(C)[C@H](NC(=O)C[C@H](NC(=O)CNC(=O)c1ccccc1)c1ccccc1)C(=O)[C@@H]1C(=O)NC(O)[C@H]1C12CC1C2. The number of aliphatic hydroxyl groups excluding tert-OH is 1. The summed E-state index contributed by atoms with van der Waals surface area (Å²) in [5.41, 5.74) is 0.972. The number of nitrogens with one attached hydrogen (secondary N) is 4. The van der Waals surface area contributed by atoms with Crippen LogP contribution in [0.1, 0.15) is 55.1 Å². The molecule has 4 amide bonds. The van der Waals surface area contributed by atoms with Gasteiger partial charge >= 0.3 is 0 Å². The minimum atomic E-state index is -1.06. The van der Waals surface area contributed by atoms with Crippen LogP contribution in [0.25, 0.3) is 0 Å². The van der Waals surface area contributed by atoms with Crippen molar-refractivity contribution in [2.24, 2.45) is 29.1 Å². The van der Waals surface area contributed by atoms with Gasteiger partial charge in [-0.15, -0.1) is 0 Å². The largest absolute Gasteiger partial charge is 0.373 e. The second kappa shape index (κ2) is 11.4. The van der Waals surface area contributed by atoms with Crippen LogP contribution in [0.2, 0.25) is 0 Å². The van der Waals surface area contributed by atoms with E-state index >= 15 is 0 Å². The molecule has 0 radical (unpaired) electrons. The van der Waals surface area contributed by atoms with Crippen LogP contribution in [0.15, 0.2) is 60.7 Å². The highest BCUT2D eigenvalue weighted by atomic mass is 16.3. The van der Waals surface area contributed by atoms with Gasteiger partial charge in [0.25, 0.3) is 5.91 Å². The zero-order valence-corrected chi connectivity index (χ0v) is 23.1. The van der Waals surface area contributed by atoms with Crippen LogP contribution in [0.5, 0.6) is 0 Å². The first-order valence-electron chi connectivity index (χ1n) is 14.1. The van der Waals surface area contributed by atoms with Crippen LogP contribution >= 0.6 is 0 Å². The molecule has 2 aromatic rings. The molecule has 3 aliphatic rings. The van der Waals surface area contributed by atoms with E-state index in [9.17, 15) is 29.1 Å². The van der Waals surface area contributed by atoms with Crippen LogP contribution < -0.4 is 21.3 Å². The highest BCUT2D eigenvalue weighted by Crippen LogP contribution is 2.80. The number of fused-ring (bicyclic) bond motifs is 1.